The van der Waals surface area contributed by atoms with E-state index in [9.17, 15) is 9.59 Å². The van der Waals surface area contributed by atoms with Crippen molar-refractivity contribution in [3.8, 4) is 0 Å². The highest BCUT2D eigenvalue weighted by molar-refractivity contribution is 5.83. The number of piperidine rings is 2. The Balaban J connectivity index is 1.37. The summed E-state index contributed by atoms with van der Waals surface area (Å²) < 4.78 is 1.97. The summed E-state index contributed by atoms with van der Waals surface area (Å²) in [6.45, 7) is 5.02. The van der Waals surface area contributed by atoms with Crippen LogP contribution in [-0.4, -0.2) is 79.9 Å². The molecule has 2 saturated heterocycles. The number of nitrogens with zero attached hydrogens (tertiary/aromatic N) is 5. The van der Waals surface area contributed by atoms with Crippen LogP contribution < -0.4 is 11.0 Å². The van der Waals surface area contributed by atoms with Gasteiger partial charge in [-0.1, -0.05) is 0 Å². The van der Waals surface area contributed by atoms with Gasteiger partial charge in [-0.15, -0.1) is 0 Å². The Morgan fingerprint density at radius 3 is 3.00 bits per heavy atom. The molecule has 10 nitrogen and oxygen atoms in total. The van der Waals surface area contributed by atoms with E-state index in [0.29, 0.717) is 5.82 Å². The summed E-state index contributed by atoms with van der Waals surface area (Å²) in [7, 11) is 2.13. The molecular weight excluding hydrogens is 372 g/mol. The summed E-state index contributed by atoms with van der Waals surface area (Å²) in [4.78, 5) is 31.9. The number of carbonyl (C=O) groups excluding carboxylic acids is 1. The van der Waals surface area contributed by atoms with Gasteiger partial charge in [0.2, 0.25) is 5.91 Å². The fraction of sp³-hybridized carbons (Fsp3) is 0.684. The Morgan fingerprint density at radius 1 is 1.34 bits per heavy atom. The van der Waals surface area contributed by atoms with Crippen molar-refractivity contribution in [1.29, 1.82) is 0 Å². The van der Waals surface area contributed by atoms with Gasteiger partial charge in [0.15, 0.2) is 0 Å². The summed E-state index contributed by atoms with van der Waals surface area (Å²) in [6, 6.07) is 2.15. The van der Waals surface area contributed by atoms with Crippen LogP contribution in [0, 0.1) is 5.41 Å². The lowest BCUT2D eigenvalue weighted by atomic mass is 9.67. The first kappa shape index (κ1) is 19.8. The summed E-state index contributed by atoms with van der Waals surface area (Å²) in [6.07, 6.45) is 7.64. The second kappa shape index (κ2) is 8.50. The molecule has 0 radical (unpaired) electrons. The second-order valence-electron chi connectivity index (χ2n) is 8.24. The smallest absolute Gasteiger partial charge is 0.340 e. The van der Waals surface area contributed by atoms with Crippen LogP contribution >= 0.6 is 0 Å². The van der Waals surface area contributed by atoms with Crippen molar-refractivity contribution in [1.82, 2.24) is 40.1 Å². The Bertz CT molecular complexity index is 860. The minimum atomic E-state index is -0.373. The molecule has 10 heteroatoms. The SMILES string of the molecule is CN1CCC[C@@]2(C(=O)NCc3n[nH]c(=O)[nH]3)CCN(CCCn3cccn3)C[C@H]12. The number of likely N-dealkylation sites (N-methyl/N-ethyl adjacent to an activating group) is 1. The minimum absolute atomic E-state index is 0.0779. The third kappa shape index (κ3) is 4.27. The first-order chi connectivity index (χ1) is 14.1. The summed E-state index contributed by atoms with van der Waals surface area (Å²) in [5.41, 5.74) is -0.728. The van der Waals surface area contributed by atoms with Crippen molar-refractivity contribution in [2.24, 2.45) is 5.41 Å². The third-order valence-electron chi connectivity index (χ3n) is 6.45. The lowest BCUT2D eigenvalue weighted by Gasteiger charge is -2.53. The van der Waals surface area contributed by atoms with Crippen LogP contribution in [-0.2, 0) is 17.9 Å². The van der Waals surface area contributed by atoms with Crippen molar-refractivity contribution in [2.75, 3.05) is 33.2 Å². The molecule has 0 unspecified atom stereocenters. The molecule has 2 aliphatic heterocycles. The number of fused-ring (bicyclic) bond motifs is 1. The van der Waals surface area contributed by atoms with Crippen LogP contribution in [0.15, 0.2) is 23.3 Å². The topological polar surface area (TPSA) is 115 Å². The maximum atomic E-state index is 13.3. The van der Waals surface area contributed by atoms with E-state index in [1.807, 2.05) is 23.1 Å². The second-order valence-corrected chi connectivity index (χ2v) is 8.24. The monoisotopic (exact) mass is 402 g/mol. The van der Waals surface area contributed by atoms with Crippen molar-refractivity contribution in [2.45, 2.75) is 44.8 Å². The van der Waals surface area contributed by atoms with E-state index in [1.54, 1.807) is 0 Å². The molecule has 0 aliphatic carbocycles. The van der Waals surface area contributed by atoms with Gasteiger partial charge < -0.3 is 15.1 Å². The van der Waals surface area contributed by atoms with Gasteiger partial charge in [-0.2, -0.15) is 10.2 Å². The zero-order chi connectivity index (χ0) is 20.3. The largest absolute Gasteiger partial charge is 0.348 e. The number of hydrogen-bond acceptors (Lipinski definition) is 6. The molecule has 4 rings (SSSR count). The number of aromatic nitrogens is 5. The van der Waals surface area contributed by atoms with E-state index in [4.69, 9.17) is 0 Å². The van der Waals surface area contributed by atoms with E-state index >= 15 is 0 Å². The van der Waals surface area contributed by atoms with Crippen LogP contribution in [0.5, 0.6) is 0 Å². The van der Waals surface area contributed by atoms with Gasteiger partial charge in [-0.25, -0.2) is 9.89 Å². The molecule has 3 N–H and O–H groups in total. The number of likely N-dealkylation sites (tertiary alicyclic amines) is 2. The third-order valence-corrected chi connectivity index (χ3v) is 6.45. The zero-order valence-electron chi connectivity index (χ0n) is 16.9. The number of hydrogen-bond donors (Lipinski definition) is 3. The molecular formula is C19H30N8O2. The van der Waals surface area contributed by atoms with Gasteiger partial charge in [-0.3, -0.25) is 14.5 Å². The number of amides is 1. The van der Waals surface area contributed by atoms with Gasteiger partial charge in [0.25, 0.3) is 0 Å². The van der Waals surface area contributed by atoms with Crippen molar-refractivity contribution >= 4 is 5.91 Å². The van der Waals surface area contributed by atoms with Crippen LogP contribution in [0.2, 0.25) is 0 Å². The Labute approximate surface area is 169 Å². The Hall–Kier alpha value is -2.46. The quantitative estimate of drug-likeness (QED) is 0.590. The standard InChI is InChI=1S/C19H30N8O2/c1-25-8-2-5-19(17(28)20-13-16-22-18(29)24-23-16)6-12-26(14-15(19)25)9-4-11-27-10-3-7-21-27/h3,7,10,15H,2,4-6,8-9,11-14H2,1H3,(H,20,28)(H2,22,23,24,29)/t15-,19+/m0/s1. The molecule has 0 saturated carbocycles. The van der Waals surface area contributed by atoms with Gasteiger partial charge in [0.1, 0.15) is 5.82 Å². The van der Waals surface area contributed by atoms with E-state index in [0.717, 1.165) is 58.4 Å². The highest BCUT2D eigenvalue weighted by Crippen LogP contribution is 2.42. The van der Waals surface area contributed by atoms with Gasteiger partial charge in [0.05, 0.1) is 12.0 Å². The highest BCUT2D eigenvalue weighted by Gasteiger charge is 2.51. The molecule has 2 atom stereocenters. The van der Waals surface area contributed by atoms with Crippen LogP contribution in [0.4, 0.5) is 0 Å². The molecule has 2 aromatic rings. The summed E-state index contributed by atoms with van der Waals surface area (Å²) in [5.74, 6) is 0.533. The minimum Gasteiger partial charge on any atom is -0.348 e. The number of nitrogens with one attached hydrogen (secondary N) is 3. The predicted octanol–water partition coefficient (Wildman–Crippen LogP) is -0.213. The number of H-pyrrole nitrogens is 2. The zero-order valence-corrected chi connectivity index (χ0v) is 16.9. The number of rotatable bonds is 7. The van der Waals surface area contributed by atoms with Gasteiger partial charge >= 0.3 is 5.69 Å². The van der Waals surface area contributed by atoms with Gasteiger partial charge in [-0.05, 0) is 58.4 Å². The molecule has 2 fully saturated rings. The van der Waals surface area contributed by atoms with E-state index in [1.165, 1.54) is 0 Å². The Kier molecular flexibility index (Phi) is 5.81. The highest BCUT2D eigenvalue weighted by atomic mass is 16.2. The number of aromatic amines is 2. The van der Waals surface area contributed by atoms with Crippen LogP contribution in [0.3, 0.4) is 0 Å². The summed E-state index contributed by atoms with van der Waals surface area (Å²) >= 11 is 0. The van der Waals surface area contributed by atoms with E-state index in [2.05, 4.69) is 42.4 Å². The van der Waals surface area contributed by atoms with E-state index < -0.39 is 0 Å². The van der Waals surface area contributed by atoms with Crippen molar-refractivity contribution in [3.63, 3.8) is 0 Å². The lowest BCUT2D eigenvalue weighted by Crippen LogP contribution is -2.65. The molecule has 158 valence electrons. The molecule has 0 aromatic carbocycles. The number of carbonyl (C=O) groups is 1. The number of aryl methyl sites for hydroxylation is 1. The fourth-order valence-electron chi connectivity index (χ4n) is 4.89. The fourth-order valence-corrected chi connectivity index (χ4v) is 4.89. The van der Waals surface area contributed by atoms with Crippen molar-refractivity contribution < 1.29 is 4.79 Å². The lowest BCUT2D eigenvalue weighted by molar-refractivity contribution is -0.144. The average Bonchev–Trinajstić information content (AvgIpc) is 3.38. The molecule has 2 aromatic heterocycles. The predicted molar refractivity (Wildman–Crippen MR) is 107 cm³/mol. The molecule has 1 amide bonds. The maximum Gasteiger partial charge on any atom is 0.340 e. The molecule has 4 heterocycles. The normalized spacial score (nSPS) is 25.6. The van der Waals surface area contributed by atoms with Gasteiger partial charge in [0, 0.05) is 31.5 Å². The van der Waals surface area contributed by atoms with Crippen molar-refractivity contribution in [3.05, 3.63) is 34.8 Å². The maximum absolute atomic E-state index is 13.3. The average molecular weight is 403 g/mol. The molecule has 0 spiro atoms. The first-order valence-electron chi connectivity index (χ1n) is 10.4. The first-order valence-corrected chi connectivity index (χ1v) is 10.4. The van der Waals surface area contributed by atoms with Crippen LogP contribution in [0.1, 0.15) is 31.5 Å². The molecule has 2 aliphatic rings. The van der Waals surface area contributed by atoms with E-state index in [-0.39, 0.29) is 29.6 Å². The van der Waals surface area contributed by atoms with Crippen LogP contribution in [0.25, 0.3) is 0 Å². The molecule has 29 heavy (non-hydrogen) atoms. The Morgan fingerprint density at radius 2 is 2.24 bits per heavy atom. The molecule has 0 bridgehead atoms. The summed E-state index contributed by atoms with van der Waals surface area (Å²) in [5, 5.41) is 13.5.